The number of aryl methyl sites for hydroxylation is 1. The van der Waals surface area contributed by atoms with Crippen LogP contribution in [0.15, 0.2) is 48.5 Å². The molecule has 0 aliphatic rings. The summed E-state index contributed by atoms with van der Waals surface area (Å²) in [6.07, 6.45) is 10.4. The summed E-state index contributed by atoms with van der Waals surface area (Å²) in [5.74, 6) is 1.80. The zero-order valence-electron chi connectivity index (χ0n) is 17.7. The Bertz CT molecular complexity index is 872. The molecule has 3 nitrogen and oxygen atoms in total. The number of nitrogens with zero attached hydrogens (tertiary/aromatic N) is 2. The minimum absolute atomic E-state index is 0.127. The number of halogens is 1. The second-order valence-electron chi connectivity index (χ2n) is 7.80. The Labute approximate surface area is 180 Å². The molecule has 156 valence electrons. The first kappa shape index (κ1) is 21.7. The lowest BCUT2D eigenvalue weighted by Gasteiger charge is -2.17. The van der Waals surface area contributed by atoms with Crippen LogP contribution in [0.2, 0.25) is 5.02 Å². The standard InChI is InChI=1S/C25H33ClN2O/c1-3-4-5-6-7-8-9-12-19-28-24-14-11-10-13-23(24)27-25(28)20(2)29-22-17-15-21(26)16-18-22/h10-11,13-18,20H,3-9,12,19H2,1-2H3. The number of aromatic nitrogens is 2. The molecular weight excluding hydrogens is 380 g/mol. The monoisotopic (exact) mass is 412 g/mol. The average Bonchev–Trinajstić information content (AvgIpc) is 3.10. The van der Waals surface area contributed by atoms with Gasteiger partial charge in [-0.1, -0.05) is 75.6 Å². The van der Waals surface area contributed by atoms with Crippen molar-refractivity contribution in [1.29, 1.82) is 0 Å². The van der Waals surface area contributed by atoms with Crippen molar-refractivity contribution < 1.29 is 4.74 Å². The first-order valence-electron chi connectivity index (χ1n) is 11.1. The predicted octanol–water partition coefficient (Wildman–Crippen LogP) is 7.97. The van der Waals surface area contributed by atoms with Gasteiger partial charge >= 0.3 is 0 Å². The number of benzene rings is 2. The molecule has 0 aliphatic carbocycles. The van der Waals surface area contributed by atoms with Crippen LogP contribution in [0.25, 0.3) is 11.0 Å². The third kappa shape index (κ3) is 6.24. The highest BCUT2D eigenvalue weighted by molar-refractivity contribution is 6.30. The molecule has 1 heterocycles. The van der Waals surface area contributed by atoms with E-state index in [4.69, 9.17) is 21.3 Å². The van der Waals surface area contributed by atoms with Gasteiger partial charge in [-0.2, -0.15) is 0 Å². The van der Waals surface area contributed by atoms with Gasteiger partial charge in [-0.05, 0) is 49.7 Å². The van der Waals surface area contributed by atoms with Gasteiger partial charge < -0.3 is 9.30 Å². The number of fused-ring (bicyclic) bond motifs is 1. The SMILES string of the molecule is CCCCCCCCCCn1c(C(C)Oc2ccc(Cl)cc2)nc2ccccc21. The normalized spacial score (nSPS) is 12.4. The van der Waals surface area contributed by atoms with E-state index in [2.05, 4.69) is 36.6 Å². The maximum absolute atomic E-state index is 6.17. The Kier molecular flexibility index (Phi) is 8.42. The van der Waals surface area contributed by atoms with E-state index in [1.165, 1.54) is 56.9 Å². The van der Waals surface area contributed by atoms with Crippen LogP contribution in [0.5, 0.6) is 5.75 Å². The summed E-state index contributed by atoms with van der Waals surface area (Å²) in [6, 6.07) is 15.9. The summed E-state index contributed by atoms with van der Waals surface area (Å²) >= 11 is 5.99. The van der Waals surface area contributed by atoms with E-state index < -0.39 is 0 Å². The van der Waals surface area contributed by atoms with E-state index >= 15 is 0 Å². The maximum Gasteiger partial charge on any atom is 0.153 e. The highest BCUT2D eigenvalue weighted by atomic mass is 35.5. The topological polar surface area (TPSA) is 27.1 Å². The first-order chi connectivity index (χ1) is 14.2. The van der Waals surface area contributed by atoms with E-state index in [0.29, 0.717) is 5.02 Å². The lowest BCUT2D eigenvalue weighted by atomic mass is 10.1. The van der Waals surface area contributed by atoms with Gasteiger partial charge in [0.25, 0.3) is 0 Å². The van der Waals surface area contributed by atoms with Crippen LogP contribution in [0.4, 0.5) is 0 Å². The first-order valence-corrected chi connectivity index (χ1v) is 11.4. The molecule has 0 bridgehead atoms. The quantitative estimate of drug-likeness (QED) is 0.282. The van der Waals surface area contributed by atoms with Crippen molar-refractivity contribution in [2.75, 3.05) is 0 Å². The fraction of sp³-hybridized carbons (Fsp3) is 0.480. The lowest BCUT2D eigenvalue weighted by Crippen LogP contribution is -2.12. The molecule has 0 fully saturated rings. The molecular formula is C25H33ClN2O. The Morgan fingerprint density at radius 2 is 1.55 bits per heavy atom. The molecule has 1 aromatic heterocycles. The molecule has 1 atom stereocenters. The van der Waals surface area contributed by atoms with Gasteiger partial charge in [-0.3, -0.25) is 0 Å². The predicted molar refractivity (Wildman–Crippen MR) is 123 cm³/mol. The molecule has 29 heavy (non-hydrogen) atoms. The van der Waals surface area contributed by atoms with Gasteiger partial charge in [0.2, 0.25) is 0 Å². The Morgan fingerprint density at radius 1 is 0.897 bits per heavy atom. The third-order valence-electron chi connectivity index (χ3n) is 5.41. The van der Waals surface area contributed by atoms with Crippen molar-refractivity contribution in [3.63, 3.8) is 0 Å². The summed E-state index contributed by atoms with van der Waals surface area (Å²) in [4.78, 5) is 4.89. The molecule has 3 aromatic rings. The molecule has 0 saturated carbocycles. The Balaban J connectivity index is 1.63. The van der Waals surface area contributed by atoms with Gasteiger partial charge in [0, 0.05) is 11.6 Å². The van der Waals surface area contributed by atoms with Gasteiger partial charge in [0.15, 0.2) is 11.9 Å². The molecule has 0 amide bonds. The van der Waals surface area contributed by atoms with Gasteiger partial charge in [0.1, 0.15) is 5.75 Å². The fourth-order valence-electron chi connectivity index (χ4n) is 3.81. The van der Waals surface area contributed by atoms with Crippen molar-refractivity contribution in [3.05, 3.63) is 59.4 Å². The van der Waals surface area contributed by atoms with Crippen molar-refractivity contribution in [1.82, 2.24) is 9.55 Å². The number of unbranched alkanes of at least 4 members (excludes halogenated alkanes) is 7. The third-order valence-corrected chi connectivity index (χ3v) is 5.66. The summed E-state index contributed by atoms with van der Waals surface area (Å²) in [7, 11) is 0. The van der Waals surface area contributed by atoms with E-state index in [0.717, 1.165) is 23.6 Å². The summed E-state index contributed by atoms with van der Waals surface area (Å²) in [6.45, 7) is 5.32. The van der Waals surface area contributed by atoms with Crippen molar-refractivity contribution in [2.24, 2.45) is 0 Å². The van der Waals surface area contributed by atoms with E-state index in [1.807, 2.05) is 30.3 Å². The highest BCUT2D eigenvalue weighted by Gasteiger charge is 2.18. The largest absolute Gasteiger partial charge is 0.483 e. The highest BCUT2D eigenvalue weighted by Crippen LogP contribution is 2.26. The lowest BCUT2D eigenvalue weighted by molar-refractivity contribution is 0.211. The molecule has 0 spiro atoms. The smallest absolute Gasteiger partial charge is 0.153 e. The zero-order valence-corrected chi connectivity index (χ0v) is 18.5. The van der Waals surface area contributed by atoms with Crippen LogP contribution >= 0.6 is 11.6 Å². The van der Waals surface area contributed by atoms with Crippen LogP contribution in [-0.2, 0) is 6.54 Å². The molecule has 0 saturated heterocycles. The number of hydrogen-bond acceptors (Lipinski definition) is 2. The fourth-order valence-corrected chi connectivity index (χ4v) is 3.94. The second kappa shape index (κ2) is 11.3. The van der Waals surface area contributed by atoms with E-state index in [1.54, 1.807) is 0 Å². The molecule has 0 N–H and O–H groups in total. The number of para-hydroxylation sites is 2. The van der Waals surface area contributed by atoms with Crippen LogP contribution in [0.1, 0.15) is 77.1 Å². The maximum atomic E-state index is 6.17. The van der Waals surface area contributed by atoms with Crippen molar-refractivity contribution >= 4 is 22.6 Å². The van der Waals surface area contributed by atoms with Gasteiger partial charge in [0.05, 0.1) is 11.0 Å². The Hall–Kier alpha value is -2.00. The molecule has 0 radical (unpaired) electrons. The van der Waals surface area contributed by atoms with E-state index in [-0.39, 0.29) is 6.10 Å². The number of ether oxygens (including phenoxy) is 1. The van der Waals surface area contributed by atoms with Crippen molar-refractivity contribution in [2.45, 2.75) is 77.9 Å². The van der Waals surface area contributed by atoms with Crippen LogP contribution in [0, 0.1) is 0 Å². The number of rotatable bonds is 12. The number of imidazole rings is 1. The second-order valence-corrected chi connectivity index (χ2v) is 8.24. The summed E-state index contributed by atoms with van der Waals surface area (Å²) in [5, 5.41) is 0.715. The zero-order chi connectivity index (χ0) is 20.5. The summed E-state index contributed by atoms with van der Waals surface area (Å²) < 4.78 is 8.51. The van der Waals surface area contributed by atoms with Crippen LogP contribution in [0.3, 0.4) is 0 Å². The minimum Gasteiger partial charge on any atom is -0.483 e. The molecule has 0 aliphatic heterocycles. The summed E-state index contributed by atoms with van der Waals surface area (Å²) in [5.41, 5.74) is 2.23. The van der Waals surface area contributed by atoms with Crippen LogP contribution < -0.4 is 4.74 Å². The number of hydrogen-bond donors (Lipinski definition) is 0. The molecule has 2 aromatic carbocycles. The Morgan fingerprint density at radius 3 is 2.28 bits per heavy atom. The van der Waals surface area contributed by atoms with Crippen molar-refractivity contribution in [3.8, 4) is 5.75 Å². The van der Waals surface area contributed by atoms with Crippen LogP contribution in [-0.4, -0.2) is 9.55 Å². The van der Waals surface area contributed by atoms with Gasteiger partial charge in [-0.15, -0.1) is 0 Å². The average molecular weight is 413 g/mol. The van der Waals surface area contributed by atoms with E-state index in [9.17, 15) is 0 Å². The molecule has 1 unspecified atom stereocenters. The molecule has 4 heteroatoms. The van der Waals surface area contributed by atoms with Gasteiger partial charge in [-0.25, -0.2) is 4.98 Å². The minimum atomic E-state index is -0.127. The molecule has 3 rings (SSSR count).